The average molecular weight is 356 g/mol. The van der Waals surface area contributed by atoms with Crippen molar-refractivity contribution in [3.05, 3.63) is 21.0 Å². The SMILES string of the molecule is O=c1c(Br)c(NCC2CCOC2)cnn1CC(F)(F)F. The van der Waals surface area contributed by atoms with Gasteiger partial charge in [-0.05, 0) is 22.4 Å². The van der Waals surface area contributed by atoms with Crippen LogP contribution < -0.4 is 10.9 Å². The van der Waals surface area contributed by atoms with Gasteiger partial charge in [-0.3, -0.25) is 4.79 Å². The first kappa shape index (κ1) is 15.3. The molecule has 1 N–H and O–H groups in total. The molecule has 0 aromatic carbocycles. The van der Waals surface area contributed by atoms with Crippen molar-refractivity contribution in [3.8, 4) is 0 Å². The number of aromatic nitrogens is 2. The highest BCUT2D eigenvalue weighted by Crippen LogP contribution is 2.20. The molecule has 1 atom stereocenters. The molecular weight excluding hydrogens is 343 g/mol. The maximum atomic E-state index is 12.3. The van der Waals surface area contributed by atoms with Crippen molar-refractivity contribution in [1.29, 1.82) is 0 Å². The van der Waals surface area contributed by atoms with Gasteiger partial charge in [0.05, 0.1) is 18.5 Å². The molecule has 5 nitrogen and oxygen atoms in total. The zero-order valence-electron chi connectivity index (χ0n) is 10.4. The van der Waals surface area contributed by atoms with Crippen molar-refractivity contribution in [2.75, 3.05) is 25.1 Å². The van der Waals surface area contributed by atoms with Crippen LogP contribution in [0, 0.1) is 5.92 Å². The Morgan fingerprint density at radius 2 is 2.30 bits per heavy atom. The molecule has 1 aromatic rings. The highest BCUT2D eigenvalue weighted by Gasteiger charge is 2.29. The van der Waals surface area contributed by atoms with Crippen LogP contribution in [0.25, 0.3) is 0 Å². The van der Waals surface area contributed by atoms with Gasteiger partial charge in [0, 0.05) is 19.1 Å². The summed E-state index contributed by atoms with van der Waals surface area (Å²) in [5.41, 5.74) is -0.421. The standard InChI is InChI=1S/C11H13BrF3N3O2/c12-9-8(16-3-7-1-2-20-5-7)4-17-18(10(9)19)6-11(13,14)15/h4,7,16H,1-3,5-6H2. The Labute approximate surface area is 121 Å². The van der Waals surface area contributed by atoms with Gasteiger partial charge in [0.15, 0.2) is 0 Å². The van der Waals surface area contributed by atoms with Gasteiger partial charge in [0.1, 0.15) is 11.0 Å². The van der Waals surface area contributed by atoms with E-state index >= 15 is 0 Å². The highest BCUT2D eigenvalue weighted by molar-refractivity contribution is 9.10. The lowest BCUT2D eigenvalue weighted by Gasteiger charge is -2.13. The Morgan fingerprint density at radius 1 is 1.55 bits per heavy atom. The molecule has 0 bridgehead atoms. The van der Waals surface area contributed by atoms with E-state index in [0.717, 1.165) is 6.42 Å². The molecule has 2 heterocycles. The van der Waals surface area contributed by atoms with E-state index < -0.39 is 18.3 Å². The lowest BCUT2D eigenvalue weighted by molar-refractivity contribution is -0.143. The second kappa shape index (κ2) is 6.13. The molecule has 1 fully saturated rings. The number of ether oxygens (including phenoxy) is 1. The Balaban J connectivity index is 2.07. The molecule has 9 heteroatoms. The fourth-order valence-corrected chi connectivity index (χ4v) is 2.32. The molecule has 1 aliphatic heterocycles. The fourth-order valence-electron chi connectivity index (χ4n) is 1.87. The second-order valence-electron chi connectivity index (χ2n) is 4.56. The Kier molecular flexibility index (Phi) is 4.69. The topological polar surface area (TPSA) is 56.1 Å². The first-order valence-electron chi connectivity index (χ1n) is 6.01. The number of hydrogen-bond donors (Lipinski definition) is 1. The van der Waals surface area contributed by atoms with Gasteiger partial charge in [-0.15, -0.1) is 0 Å². The molecule has 0 aliphatic carbocycles. The number of hydrogen-bond acceptors (Lipinski definition) is 4. The summed E-state index contributed by atoms with van der Waals surface area (Å²) in [7, 11) is 0. The third-order valence-corrected chi connectivity index (χ3v) is 3.69. The van der Waals surface area contributed by atoms with Gasteiger partial charge >= 0.3 is 6.18 Å². The number of nitrogens with zero attached hydrogens (tertiary/aromatic N) is 2. The van der Waals surface area contributed by atoms with Crippen LogP contribution in [0.2, 0.25) is 0 Å². The predicted molar refractivity (Wildman–Crippen MR) is 69.7 cm³/mol. The minimum atomic E-state index is -4.48. The summed E-state index contributed by atoms with van der Waals surface area (Å²) in [4.78, 5) is 11.8. The second-order valence-corrected chi connectivity index (χ2v) is 5.35. The number of nitrogens with one attached hydrogen (secondary N) is 1. The average Bonchev–Trinajstić information content (AvgIpc) is 2.86. The van der Waals surface area contributed by atoms with E-state index in [1.807, 2.05) is 0 Å². The molecule has 0 radical (unpaired) electrons. The van der Waals surface area contributed by atoms with E-state index in [9.17, 15) is 18.0 Å². The van der Waals surface area contributed by atoms with Gasteiger partial charge in [-0.1, -0.05) is 0 Å². The molecular formula is C11H13BrF3N3O2. The van der Waals surface area contributed by atoms with Gasteiger partial charge in [0.25, 0.3) is 5.56 Å². The third-order valence-electron chi connectivity index (χ3n) is 2.92. The van der Waals surface area contributed by atoms with Crippen LogP contribution in [0.1, 0.15) is 6.42 Å². The van der Waals surface area contributed by atoms with Crippen LogP contribution in [-0.2, 0) is 11.3 Å². The first-order chi connectivity index (χ1) is 9.37. The molecule has 0 amide bonds. The Bertz CT molecular complexity index is 527. The summed E-state index contributed by atoms with van der Waals surface area (Å²) in [6, 6.07) is 0. The fraction of sp³-hybridized carbons (Fsp3) is 0.636. The monoisotopic (exact) mass is 355 g/mol. The summed E-state index contributed by atoms with van der Waals surface area (Å²) in [6.45, 7) is 0.534. The minimum absolute atomic E-state index is 0.0515. The van der Waals surface area contributed by atoms with Crippen LogP contribution in [0.15, 0.2) is 15.5 Å². The Hall–Kier alpha value is -1.09. The van der Waals surface area contributed by atoms with Gasteiger partial charge in [0.2, 0.25) is 0 Å². The maximum absolute atomic E-state index is 12.3. The predicted octanol–water partition coefficient (Wildman–Crippen LogP) is 2.02. The molecule has 1 aromatic heterocycles. The molecule has 112 valence electrons. The van der Waals surface area contributed by atoms with Gasteiger partial charge in [-0.2, -0.15) is 18.3 Å². The maximum Gasteiger partial charge on any atom is 0.408 e. The number of alkyl halides is 3. The summed E-state index contributed by atoms with van der Waals surface area (Å²) in [5.74, 6) is 0.333. The molecule has 1 aliphatic rings. The van der Waals surface area contributed by atoms with Crippen molar-refractivity contribution in [2.24, 2.45) is 5.92 Å². The van der Waals surface area contributed by atoms with Crippen LogP contribution in [0.3, 0.4) is 0 Å². The number of anilines is 1. The molecule has 0 saturated carbocycles. The van der Waals surface area contributed by atoms with Crippen molar-refractivity contribution in [3.63, 3.8) is 0 Å². The van der Waals surface area contributed by atoms with Crippen LogP contribution in [0.4, 0.5) is 18.9 Å². The van der Waals surface area contributed by atoms with E-state index in [1.165, 1.54) is 6.20 Å². The number of rotatable bonds is 4. The highest BCUT2D eigenvalue weighted by atomic mass is 79.9. The van der Waals surface area contributed by atoms with E-state index in [4.69, 9.17) is 4.74 Å². The lowest BCUT2D eigenvalue weighted by Crippen LogP contribution is -2.31. The summed E-state index contributed by atoms with van der Waals surface area (Å²) >= 11 is 3.01. The molecule has 20 heavy (non-hydrogen) atoms. The molecule has 0 spiro atoms. The summed E-state index contributed by atoms with van der Waals surface area (Å²) < 4.78 is 42.4. The Morgan fingerprint density at radius 3 is 2.90 bits per heavy atom. The van der Waals surface area contributed by atoms with Crippen LogP contribution in [0.5, 0.6) is 0 Å². The summed E-state index contributed by atoms with van der Waals surface area (Å²) in [5, 5.41) is 6.53. The molecule has 2 rings (SSSR count). The van der Waals surface area contributed by atoms with Crippen molar-refractivity contribution in [1.82, 2.24) is 9.78 Å². The largest absolute Gasteiger partial charge is 0.408 e. The van der Waals surface area contributed by atoms with Crippen LogP contribution >= 0.6 is 15.9 Å². The lowest BCUT2D eigenvalue weighted by atomic mass is 10.1. The van der Waals surface area contributed by atoms with Crippen molar-refractivity contribution in [2.45, 2.75) is 19.1 Å². The van der Waals surface area contributed by atoms with E-state index in [2.05, 4.69) is 26.3 Å². The first-order valence-corrected chi connectivity index (χ1v) is 6.80. The van der Waals surface area contributed by atoms with Gasteiger partial charge < -0.3 is 10.1 Å². The zero-order valence-corrected chi connectivity index (χ0v) is 12.0. The van der Waals surface area contributed by atoms with E-state index in [0.29, 0.717) is 36.0 Å². The van der Waals surface area contributed by atoms with E-state index in [-0.39, 0.29) is 4.47 Å². The third kappa shape index (κ3) is 3.95. The smallest absolute Gasteiger partial charge is 0.382 e. The quantitative estimate of drug-likeness (QED) is 0.897. The minimum Gasteiger partial charge on any atom is -0.382 e. The van der Waals surface area contributed by atoms with Crippen molar-refractivity contribution >= 4 is 21.6 Å². The molecule has 1 saturated heterocycles. The normalized spacial score (nSPS) is 19.3. The zero-order chi connectivity index (χ0) is 14.8. The van der Waals surface area contributed by atoms with Crippen LogP contribution in [-0.4, -0.2) is 35.7 Å². The van der Waals surface area contributed by atoms with E-state index in [1.54, 1.807) is 0 Å². The van der Waals surface area contributed by atoms with Gasteiger partial charge in [-0.25, -0.2) is 4.68 Å². The number of halogens is 4. The summed E-state index contributed by atoms with van der Waals surface area (Å²) in [6.07, 6.45) is -2.34. The van der Waals surface area contributed by atoms with Crippen molar-refractivity contribution < 1.29 is 17.9 Å². The molecule has 1 unspecified atom stereocenters.